The van der Waals surface area contributed by atoms with E-state index < -0.39 is 38.9 Å². The van der Waals surface area contributed by atoms with Gasteiger partial charge in [-0.1, -0.05) is 6.07 Å². The van der Waals surface area contributed by atoms with E-state index in [0.29, 0.717) is 11.9 Å². The van der Waals surface area contributed by atoms with Crippen LogP contribution >= 0.6 is 0 Å². The summed E-state index contributed by atoms with van der Waals surface area (Å²) in [7, 11) is -2.71. The first-order valence-electron chi connectivity index (χ1n) is 9.92. The van der Waals surface area contributed by atoms with Crippen LogP contribution in [0.3, 0.4) is 0 Å². The van der Waals surface area contributed by atoms with Crippen LogP contribution in [0.15, 0.2) is 59.8 Å². The van der Waals surface area contributed by atoms with Crippen LogP contribution in [-0.2, 0) is 29.7 Å². The molecular weight excluding hydrogens is 477 g/mol. The molecule has 2 aromatic carbocycles. The SMILES string of the molecule is Cn1ccnc1CC1CN(S(=O)(=O)c2cccc(C(F)(F)F)c2)c2cc(NC(=O)O)ccc2O1. The van der Waals surface area contributed by atoms with Crippen molar-refractivity contribution in [2.75, 3.05) is 16.2 Å². The van der Waals surface area contributed by atoms with Gasteiger partial charge in [0.25, 0.3) is 10.0 Å². The van der Waals surface area contributed by atoms with E-state index in [-0.39, 0.29) is 30.1 Å². The maximum atomic E-state index is 13.5. The van der Waals surface area contributed by atoms with Gasteiger partial charge in [0, 0.05) is 31.5 Å². The summed E-state index contributed by atoms with van der Waals surface area (Å²) in [5, 5.41) is 11.1. The first-order valence-corrected chi connectivity index (χ1v) is 11.4. The maximum Gasteiger partial charge on any atom is 0.416 e. The zero-order chi connectivity index (χ0) is 24.7. The van der Waals surface area contributed by atoms with Crippen LogP contribution in [0.1, 0.15) is 11.4 Å². The second kappa shape index (κ2) is 8.56. The molecule has 0 saturated heterocycles. The van der Waals surface area contributed by atoms with Crippen molar-refractivity contribution in [2.45, 2.75) is 23.6 Å². The number of amides is 1. The molecule has 1 unspecified atom stereocenters. The molecule has 0 aliphatic carbocycles. The fourth-order valence-electron chi connectivity index (χ4n) is 3.60. The molecule has 1 aliphatic heterocycles. The first-order chi connectivity index (χ1) is 15.9. The summed E-state index contributed by atoms with van der Waals surface area (Å²) in [6, 6.07) is 7.50. The average molecular weight is 496 g/mol. The van der Waals surface area contributed by atoms with Crippen molar-refractivity contribution in [3.63, 3.8) is 0 Å². The molecule has 0 spiro atoms. The smallest absolute Gasteiger partial charge is 0.416 e. The topological polar surface area (TPSA) is 114 Å². The predicted octanol–water partition coefficient (Wildman–Crippen LogP) is 3.73. The Morgan fingerprint density at radius 1 is 1.26 bits per heavy atom. The van der Waals surface area contributed by atoms with Crippen LogP contribution in [0.5, 0.6) is 5.75 Å². The number of fused-ring (bicyclic) bond motifs is 1. The lowest BCUT2D eigenvalue weighted by molar-refractivity contribution is -0.137. The summed E-state index contributed by atoms with van der Waals surface area (Å²) >= 11 is 0. The van der Waals surface area contributed by atoms with Crippen molar-refractivity contribution >= 4 is 27.5 Å². The number of alkyl halides is 3. The molecule has 180 valence electrons. The third-order valence-corrected chi connectivity index (χ3v) is 7.00. The molecular formula is C21H19F3N4O5S. The van der Waals surface area contributed by atoms with E-state index >= 15 is 0 Å². The third kappa shape index (κ3) is 4.64. The summed E-state index contributed by atoms with van der Waals surface area (Å²) in [5.41, 5.74) is -1.03. The number of nitrogens with zero attached hydrogens (tertiary/aromatic N) is 3. The zero-order valence-electron chi connectivity index (χ0n) is 17.7. The number of nitrogens with one attached hydrogen (secondary N) is 1. The minimum Gasteiger partial charge on any atom is -0.486 e. The molecule has 2 heterocycles. The van der Waals surface area contributed by atoms with Gasteiger partial charge in [-0.3, -0.25) is 9.62 Å². The quantitative estimate of drug-likeness (QED) is 0.557. The van der Waals surface area contributed by atoms with Crippen molar-refractivity contribution in [3.05, 3.63) is 66.2 Å². The van der Waals surface area contributed by atoms with Gasteiger partial charge < -0.3 is 14.4 Å². The van der Waals surface area contributed by atoms with Gasteiger partial charge in [-0.15, -0.1) is 0 Å². The highest BCUT2D eigenvalue weighted by Crippen LogP contribution is 2.40. The van der Waals surface area contributed by atoms with Crippen LogP contribution in [-0.4, -0.2) is 41.8 Å². The molecule has 1 amide bonds. The van der Waals surface area contributed by atoms with Gasteiger partial charge >= 0.3 is 12.3 Å². The highest BCUT2D eigenvalue weighted by atomic mass is 32.2. The number of benzene rings is 2. The van der Waals surface area contributed by atoms with E-state index in [1.165, 1.54) is 18.2 Å². The van der Waals surface area contributed by atoms with E-state index in [1.807, 2.05) is 0 Å². The van der Waals surface area contributed by atoms with Crippen LogP contribution in [0.2, 0.25) is 0 Å². The normalized spacial score (nSPS) is 16.0. The molecule has 1 aromatic heterocycles. The third-order valence-electron chi connectivity index (χ3n) is 5.22. The number of carboxylic acid groups (broad SMARTS) is 1. The summed E-state index contributed by atoms with van der Waals surface area (Å²) < 4.78 is 75.3. The van der Waals surface area contributed by atoms with Gasteiger partial charge in [-0.2, -0.15) is 13.2 Å². The van der Waals surface area contributed by atoms with Crippen molar-refractivity contribution in [3.8, 4) is 5.75 Å². The zero-order valence-corrected chi connectivity index (χ0v) is 18.5. The number of aromatic nitrogens is 2. The second-order valence-corrected chi connectivity index (χ2v) is 9.44. The molecule has 1 atom stereocenters. The van der Waals surface area contributed by atoms with Crippen LogP contribution in [0, 0.1) is 0 Å². The van der Waals surface area contributed by atoms with Gasteiger partial charge in [0.2, 0.25) is 0 Å². The van der Waals surface area contributed by atoms with Gasteiger partial charge in [0.15, 0.2) is 0 Å². The van der Waals surface area contributed by atoms with Crippen molar-refractivity contribution in [2.24, 2.45) is 7.05 Å². The number of carbonyl (C=O) groups is 1. The molecule has 0 saturated carbocycles. The Balaban J connectivity index is 1.78. The minimum absolute atomic E-state index is 0.000230. The Hall–Kier alpha value is -3.74. The van der Waals surface area contributed by atoms with E-state index in [9.17, 15) is 26.4 Å². The number of rotatable bonds is 5. The monoisotopic (exact) mass is 496 g/mol. The number of halogens is 3. The Bertz CT molecular complexity index is 1340. The number of sulfonamides is 1. The molecule has 9 nitrogen and oxygen atoms in total. The Morgan fingerprint density at radius 2 is 2.03 bits per heavy atom. The lowest BCUT2D eigenvalue weighted by atomic mass is 10.1. The largest absolute Gasteiger partial charge is 0.486 e. The number of anilines is 2. The van der Waals surface area contributed by atoms with Gasteiger partial charge in [0.1, 0.15) is 17.7 Å². The molecule has 4 rings (SSSR count). The molecule has 2 N–H and O–H groups in total. The summed E-state index contributed by atoms with van der Waals surface area (Å²) in [6.45, 7) is -0.227. The van der Waals surface area contributed by atoms with Crippen LogP contribution < -0.4 is 14.4 Å². The van der Waals surface area contributed by atoms with E-state index in [4.69, 9.17) is 9.84 Å². The molecule has 13 heteroatoms. The highest BCUT2D eigenvalue weighted by Gasteiger charge is 2.37. The highest BCUT2D eigenvalue weighted by molar-refractivity contribution is 7.92. The fourth-order valence-corrected chi connectivity index (χ4v) is 5.15. The number of imidazole rings is 1. The fraction of sp³-hybridized carbons (Fsp3) is 0.238. The maximum absolute atomic E-state index is 13.5. The van der Waals surface area contributed by atoms with Crippen LogP contribution in [0.4, 0.5) is 29.3 Å². The second-order valence-electron chi connectivity index (χ2n) is 7.57. The molecule has 0 bridgehead atoms. The van der Waals surface area contributed by atoms with Crippen molar-refractivity contribution in [1.82, 2.24) is 9.55 Å². The molecule has 1 aliphatic rings. The Morgan fingerprint density at radius 3 is 2.68 bits per heavy atom. The lowest BCUT2D eigenvalue weighted by Crippen LogP contribution is -2.44. The molecule has 3 aromatic rings. The number of ether oxygens (including phenoxy) is 1. The van der Waals surface area contributed by atoms with Crippen molar-refractivity contribution < 1.29 is 36.2 Å². The van der Waals surface area contributed by atoms with E-state index in [1.54, 1.807) is 24.0 Å². The Labute approximate surface area is 192 Å². The minimum atomic E-state index is -4.73. The summed E-state index contributed by atoms with van der Waals surface area (Å²) in [5.74, 6) is 0.756. The van der Waals surface area contributed by atoms with Gasteiger partial charge in [-0.25, -0.2) is 18.2 Å². The predicted molar refractivity (Wildman–Crippen MR) is 115 cm³/mol. The van der Waals surface area contributed by atoms with Crippen molar-refractivity contribution in [1.29, 1.82) is 0 Å². The lowest BCUT2D eigenvalue weighted by Gasteiger charge is -2.35. The number of aryl methyl sites for hydroxylation is 1. The van der Waals surface area contributed by atoms with E-state index in [2.05, 4.69) is 10.3 Å². The van der Waals surface area contributed by atoms with E-state index in [0.717, 1.165) is 22.5 Å². The standard InChI is InChI=1S/C21H19F3N4O5S/c1-27-8-7-25-19(27)11-15-12-28(17-10-14(26-20(29)30)5-6-18(17)33-15)34(31,32)16-4-2-3-13(9-16)21(22,23)24/h2-10,15,26H,11-12H2,1H3,(H,29,30). The van der Waals surface area contributed by atoms with Gasteiger partial charge in [-0.05, 0) is 36.4 Å². The first kappa shape index (κ1) is 23.4. The van der Waals surface area contributed by atoms with Gasteiger partial charge in [0.05, 0.1) is 22.7 Å². The number of hydrogen-bond donors (Lipinski definition) is 2. The molecule has 0 fully saturated rings. The Kier molecular flexibility index (Phi) is 5.89. The molecule has 34 heavy (non-hydrogen) atoms. The summed E-state index contributed by atoms with van der Waals surface area (Å²) in [6.07, 6.45) is -3.27. The van der Waals surface area contributed by atoms with Crippen LogP contribution in [0.25, 0.3) is 0 Å². The molecule has 0 radical (unpaired) electrons. The average Bonchev–Trinajstić information content (AvgIpc) is 3.16. The number of hydrogen-bond acceptors (Lipinski definition) is 5. The summed E-state index contributed by atoms with van der Waals surface area (Å²) in [4.78, 5) is 14.7.